The molecule has 1 atom stereocenters. The third-order valence-corrected chi connectivity index (χ3v) is 3.84. The van der Waals surface area contributed by atoms with Crippen LogP contribution in [0, 0.1) is 0 Å². The zero-order valence-corrected chi connectivity index (χ0v) is 11.1. The molecule has 1 unspecified atom stereocenters. The van der Waals surface area contributed by atoms with Crippen LogP contribution in [0.5, 0.6) is 0 Å². The van der Waals surface area contributed by atoms with Gasteiger partial charge in [-0.2, -0.15) is 0 Å². The molecule has 0 bridgehead atoms. The molecule has 0 saturated heterocycles. The highest BCUT2D eigenvalue weighted by Crippen LogP contribution is 2.35. The molecule has 1 heterocycles. The van der Waals surface area contributed by atoms with Crippen LogP contribution in [-0.4, -0.2) is 21.5 Å². The molecule has 1 aromatic carbocycles. The number of hydrogen-bond donors (Lipinski definition) is 1. The molecule has 1 aliphatic rings. The van der Waals surface area contributed by atoms with Gasteiger partial charge in [0.15, 0.2) is 0 Å². The van der Waals surface area contributed by atoms with Crippen LogP contribution < -0.4 is 5.73 Å². The molecule has 1 aliphatic carbocycles. The number of benzene rings is 1. The molecule has 4 nitrogen and oxygen atoms in total. The summed E-state index contributed by atoms with van der Waals surface area (Å²) in [5, 5.41) is 8.45. The van der Waals surface area contributed by atoms with E-state index in [0.29, 0.717) is 5.92 Å². The summed E-state index contributed by atoms with van der Waals surface area (Å²) < 4.78 is 1.98. The van der Waals surface area contributed by atoms with Gasteiger partial charge in [0.05, 0.1) is 5.69 Å². The average molecular weight is 256 g/mol. The third kappa shape index (κ3) is 2.68. The lowest BCUT2D eigenvalue weighted by molar-refractivity contribution is 0.465. The molecule has 3 rings (SSSR count). The maximum atomic E-state index is 5.49. The molecule has 0 radical (unpaired) electrons. The third-order valence-electron chi connectivity index (χ3n) is 3.84. The number of fused-ring (bicyclic) bond motifs is 1. The van der Waals surface area contributed by atoms with Crippen molar-refractivity contribution in [1.29, 1.82) is 0 Å². The number of aryl methyl sites for hydroxylation is 1. The van der Waals surface area contributed by atoms with Gasteiger partial charge in [-0.05, 0) is 43.4 Å². The summed E-state index contributed by atoms with van der Waals surface area (Å²) in [5.41, 5.74) is 9.53. The van der Waals surface area contributed by atoms with Crippen molar-refractivity contribution in [3.05, 3.63) is 47.3 Å². The van der Waals surface area contributed by atoms with Gasteiger partial charge < -0.3 is 5.73 Å². The molecule has 19 heavy (non-hydrogen) atoms. The molecule has 0 saturated carbocycles. The van der Waals surface area contributed by atoms with Gasteiger partial charge in [0.25, 0.3) is 0 Å². The summed E-state index contributed by atoms with van der Waals surface area (Å²) in [5.74, 6) is 0.606. The first-order chi connectivity index (χ1) is 9.36. The summed E-state index contributed by atoms with van der Waals surface area (Å²) in [6.07, 6.45) is 6.39. The average Bonchev–Trinajstić information content (AvgIpc) is 2.84. The largest absolute Gasteiger partial charge is 0.330 e. The summed E-state index contributed by atoms with van der Waals surface area (Å²) >= 11 is 0. The summed E-state index contributed by atoms with van der Waals surface area (Å²) in [6.45, 7) is 1.70. The summed E-state index contributed by atoms with van der Waals surface area (Å²) in [7, 11) is 0. The Kier molecular flexibility index (Phi) is 3.60. The first kappa shape index (κ1) is 12.4. The van der Waals surface area contributed by atoms with Crippen LogP contribution in [0.4, 0.5) is 0 Å². The van der Waals surface area contributed by atoms with Gasteiger partial charge in [-0.15, -0.1) is 5.10 Å². The number of nitrogens with two attached hydrogens (primary N) is 1. The Labute approximate surface area is 113 Å². The van der Waals surface area contributed by atoms with Crippen molar-refractivity contribution >= 4 is 0 Å². The minimum atomic E-state index is 0.606. The minimum Gasteiger partial charge on any atom is -0.330 e. The van der Waals surface area contributed by atoms with Crippen molar-refractivity contribution in [1.82, 2.24) is 15.0 Å². The van der Waals surface area contributed by atoms with Crippen LogP contribution in [0.25, 0.3) is 0 Å². The molecule has 1 aromatic heterocycles. The lowest BCUT2D eigenvalue weighted by Crippen LogP contribution is -2.22. The molecule has 0 aliphatic heterocycles. The Balaban J connectivity index is 1.57. The van der Waals surface area contributed by atoms with E-state index in [9.17, 15) is 0 Å². The number of aromatic nitrogens is 3. The number of unbranched alkanes of at least 4 members (excludes halogenated alkanes) is 1. The Morgan fingerprint density at radius 3 is 3.00 bits per heavy atom. The fourth-order valence-corrected chi connectivity index (χ4v) is 2.74. The van der Waals surface area contributed by atoms with Crippen LogP contribution in [0.3, 0.4) is 0 Å². The fourth-order valence-electron chi connectivity index (χ4n) is 2.74. The molecule has 100 valence electrons. The highest BCUT2D eigenvalue weighted by atomic mass is 15.4. The summed E-state index contributed by atoms with van der Waals surface area (Å²) in [4.78, 5) is 0. The molecule has 2 N–H and O–H groups in total. The van der Waals surface area contributed by atoms with Gasteiger partial charge >= 0.3 is 0 Å². The zero-order chi connectivity index (χ0) is 13.1. The maximum Gasteiger partial charge on any atom is 0.0827 e. The zero-order valence-electron chi connectivity index (χ0n) is 11.1. The monoisotopic (exact) mass is 256 g/mol. The second-order valence-electron chi connectivity index (χ2n) is 5.28. The van der Waals surface area contributed by atoms with Crippen LogP contribution in [0.15, 0.2) is 30.5 Å². The van der Waals surface area contributed by atoms with Crippen LogP contribution in [0.1, 0.15) is 35.6 Å². The van der Waals surface area contributed by atoms with Gasteiger partial charge in [0.1, 0.15) is 0 Å². The van der Waals surface area contributed by atoms with Crippen molar-refractivity contribution < 1.29 is 0 Å². The number of nitrogens with zero attached hydrogens (tertiary/aromatic N) is 3. The normalized spacial score (nSPS) is 17.0. The lowest BCUT2D eigenvalue weighted by Gasteiger charge is -2.29. The first-order valence-corrected chi connectivity index (χ1v) is 7.03. The quantitative estimate of drug-likeness (QED) is 0.803. The molecule has 2 aromatic rings. The topological polar surface area (TPSA) is 56.7 Å². The second-order valence-corrected chi connectivity index (χ2v) is 5.28. The Morgan fingerprint density at radius 2 is 2.16 bits per heavy atom. The van der Waals surface area contributed by atoms with Gasteiger partial charge in [0.2, 0.25) is 0 Å². The molecular formula is C15H20N4. The van der Waals surface area contributed by atoms with E-state index < -0.39 is 0 Å². The highest BCUT2D eigenvalue weighted by molar-refractivity contribution is 5.39. The maximum absolute atomic E-state index is 5.49. The molecule has 0 fully saturated rings. The van der Waals surface area contributed by atoms with Gasteiger partial charge in [-0.3, -0.25) is 4.68 Å². The highest BCUT2D eigenvalue weighted by Gasteiger charge is 2.25. The van der Waals surface area contributed by atoms with Crippen molar-refractivity contribution in [3.8, 4) is 0 Å². The minimum absolute atomic E-state index is 0.606. The standard InChI is InChI=1S/C15H20N4/c16-8-4-3-6-14-11-19(18-17-14)10-13-9-12-5-1-2-7-15(12)13/h1-2,5,7,11,13H,3-4,6,8-10,16H2. The fraction of sp³-hybridized carbons (Fsp3) is 0.467. The van der Waals surface area contributed by atoms with Crippen LogP contribution >= 0.6 is 0 Å². The van der Waals surface area contributed by atoms with E-state index in [2.05, 4.69) is 40.8 Å². The van der Waals surface area contributed by atoms with Crippen LogP contribution in [0.2, 0.25) is 0 Å². The first-order valence-electron chi connectivity index (χ1n) is 7.03. The van der Waals surface area contributed by atoms with E-state index in [4.69, 9.17) is 5.73 Å². The van der Waals surface area contributed by atoms with Crippen molar-refractivity contribution in [3.63, 3.8) is 0 Å². The van der Waals surface area contributed by atoms with Gasteiger partial charge in [0, 0.05) is 18.7 Å². The SMILES string of the molecule is NCCCCc1cn(CC2Cc3ccccc32)nn1. The van der Waals surface area contributed by atoms with Crippen molar-refractivity contribution in [2.75, 3.05) is 6.54 Å². The molecule has 0 amide bonds. The Morgan fingerprint density at radius 1 is 1.26 bits per heavy atom. The number of hydrogen-bond acceptors (Lipinski definition) is 3. The molecule has 0 spiro atoms. The smallest absolute Gasteiger partial charge is 0.0827 e. The van der Waals surface area contributed by atoms with E-state index in [1.54, 1.807) is 0 Å². The predicted octanol–water partition coefficient (Wildman–Crippen LogP) is 1.90. The van der Waals surface area contributed by atoms with E-state index in [1.807, 2.05) is 4.68 Å². The van der Waals surface area contributed by atoms with E-state index in [1.165, 1.54) is 17.5 Å². The van der Waals surface area contributed by atoms with Gasteiger partial charge in [-0.1, -0.05) is 29.5 Å². The molecular weight excluding hydrogens is 236 g/mol. The van der Waals surface area contributed by atoms with Crippen molar-refractivity contribution in [2.24, 2.45) is 5.73 Å². The second kappa shape index (κ2) is 5.53. The van der Waals surface area contributed by atoms with E-state index >= 15 is 0 Å². The summed E-state index contributed by atoms with van der Waals surface area (Å²) in [6, 6.07) is 8.67. The Hall–Kier alpha value is -1.68. The lowest BCUT2D eigenvalue weighted by atomic mass is 9.78. The van der Waals surface area contributed by atoms with Gasteiger partial charge in [-0.25, -0.2) is 0 Å². The Bertz CT molecular complexity index is 547. The van der Waals surface area contributed by atoms with Crippen LogP contribution in [-0.2, 0) is 19.4 Å². The number of rotatable bonds is 6. The van der Waals surface area contributed by atoms with E-state index in [-0.39, 0.29) is 0 Å². The van der Waals surface area contributed by atoms with Crippen molar-refractivity contribution in [2.45, 2.75) is 38.1 Å². The molecule has 4 heteroatoms. The van der Waals surface area contributed by atoms with E-state index in [0.717, 1.165) is 38.0 Å². The predicted molar refractivity (Wildman–Crippen MR) is 74.9 cm³/mol.